The summed E-state index contributed by atoms with van der Waals surface area (Å²) >= 11 is 0. The Morgan fingerprint density at radius 2 is 1.86 bits per heavy atom. The van der Waals surface area contributed by atoms with Gasteiger partial charge in [-0.25, -0.2) is 0 Å². The van der Waals surface area contributed by atoms with Crippen molar-refractivity contribution in [1.82, 2.24) is 0 Å². The standard InChI is InChI=1S/C20H36O2/c1-4-7-12-18(5-2)13-11-14-19(6-3)17-21-20(22-19)15-9-8-10-16-20/h7,12,18H,4-6,8-11,13-17H2,1-3H3/b12-7+/t18-,19-/m0/s1. The van der Waals surface area contributed by atoms with Gasteiger partial charge in [-0.3, -0.25) is 0 Å². The van der Waals surface area contributed by atoms with Crippen molar-refractivity contribution in [3.05, 3.63) is 12.2 Å². The fourth-order valence-corrected chi connectivity index (χ4v) is 3.98. The summed E-state index contributed by atoms with van der Waals surface area (Å²) in [7, 11) is 0. The highest BCUT2D eigenvalue weighted by molar-refractivity contribution is 4.93. The molecular weight excluding hydrogens is 272 g/mol. The Morgan fingerprint density at radius 1 is 1.09 bits per heavy atom. The average Bonchev–Trinajstić information content (AvgIpc) is 2.90. The summed E-state index contributed by atoms with van der Waals surface area (Å²) in [5.41, 5.74) is -0.00982. The molecule has 2 fully saturated rings. The van der Waals surface area contributed by atoms with Gasteiger partial charge in [0.05, 0.1) is 12.2 Å². The van der Waals surface area contributed by atoms with E-state index in [1.807, 2.05) is 0 Å². The van der Waals surface area contributed by atoms with Gasteiger partial charge in [0.1, 0.15) is 0 Å². The van der Waals surface area contributed by atoms with Gasteiger partial charge in [0.25, 0.3) is 0 Å². The van der Waals surface area contributed by atoms with Crippen molar-refractivity contribution in [3.8, 4) is 0 Å². The lowest BCUT2D eigenvalue weighted by molar-refractivity contribution is -0.206. The molecule has 2 atom stereocenters. The third-order valence-electron chi connectivity index (χ3n) is 5.64. The zero-order valence-corrected chi connectivity index (χ0v) is 15.0. The van der Waals surface area contributed by atoms with Crippen molar-refractivity contribution in [2.75, 3.05) is 6.61 Å². The summed E-state index contributed by atoms with van der Waals surface area (Å²) in [5, 5.41) is 0. The van der Waals surface area contributed by atoms with Gasteiger partial charge in [0.2, 0.25) is 0 Å². The van der Waals surface area contributed by atoms with Gasteiger partial charge in [0.15, 0.2) is 5.79 Å². The van der Waals surface area contributed by atoms with Crippen LogP contribution in [0.5, 0.6) is 0 Å². The van der Waals surface area contributed by atoms with Crippen LogP contribution in [0, 0.1) is 5.92 Å². The highest BCUT2D eigenvalue weighted by Crippen LogP contribution is 2.44. The molecule has 1 saturated carbocycles. The maximum atomic E-state index is 6.58. The molecule has 0 radical (unpaired) electrons. The highest BCUT2D eigenvalue weighted by atomic mass is 16.8. The highest BCUT2D eigenvalue weighted by Gasteiger charge is 2.49. The number of rotatable bonds is 8. The van der Waals surface area contributed by atoms with E-state index in [0.29, 0.717) is 0 Å². The molecule has 1 heterocycles. The average molecular weight is 309 g/mol. The Morgan fingerprint density at radius 3 is 2.50 bits per heavy atom. The van der Waals surface area contributed by atoms with E-state index in [-0.39, 0.29) is 11.4 Å². The molecule has 2 rings (SSSR count). The van der Waals surface area contributed by atoms with Crippen molar-refractivity contribution in [1.29, 1.82) is 0 Å². The van der Waals surface area contributed by atoms with E-state index >= 15 is 0 Å². The first-order valence-electron chi connectivity index (χ1n) is 9.68. The minimum atomic E-state index is -0.222. The fourth-order valence-electron chi connectivity index (χ4n) is 3.98. The van der Waals surface area contributed by atoms with Gasteiger partial charge in [-0.05, 0) is 57.3 Å². The molecule has 0 aromatic heterocycles. The first-order valence-corrected chi connectivity index (χ1v) is 9.68. The second-order valence-corrected chi connectivity index (χ2v) is 7.30. The Bertz CT molecular complexity index is 344. The van der Waals surface area contributed by atoms with E-state index in [1.165, 1.54) is 38.5 Å². The van der Waals surface area contributed by atoms with E-state index in [0.717, 1.165) is 44.6 Å². The molecule has 1 aliphatic carbocycles. The van der Waals surface area contributed by atoms with Crippen molar-refractivity contribution < 1.29 is 9.47 Å². The maximum absolute atomic E-state index is 6.58. The van der Waals surface area contributed by atoms with Crippen LogP contribution in [0.1, 0.15) is 91.4 Å². The molecule has 1 aliphatic heterocycles. The monoisotopic (exact) mass is 308 g/mol. The molecule has 1 spiro atoms. The fraction of sp³-hybridized carbons (Fsp3) is 0.900. The molecule has 0 unspecified atom stereocenters. The normalized spacial score (nSPS) is 29.4. The van der Waals surface area contributed by atoms with Crippen LogP contribution in [0.2, 0.25) is 0 Å². The summed E-state index contributed by atoms with van der Waals surface area (Å²) in [5.74, 6) is 0.514. The maximum Gasteiger partial charge on any atom is 0.169 e. The van der Waals surface area contributed by atoms with Gasteiger partial charge < -0.3 is 9.47 Å². The van der Waals surface area contributed by atoms with Crippen LogP contribution in [-0.2, 0) is 9.47 Å². The largest absolute Gasteiger partial charge is 0.347 e. The molecule has 2 heteroatoms. The van der Waals surface area contributed by atoms with Crippen LogP contribution < -0.4 is 0 Å². The molecule has 22 heavy (non-hydrogen) atoms. The number of hydrogen-bond acceptors (Lipinski definition) is 2. The van der Waals surface area contributed by atoms with Crippen molar-refractivity contribution in [2.24, 2.45) is 5.92 Å². The Kier molecular flexibility index (Phi) is 6.95. The van der Waals surface area contributed by atoms with Crippen molar-refractivity contribution >= 4 is 0 Å². The Hall–Kier alpha value is -0.340. The quantitative estimate of drug-likeness (QED) is 0.512. The lowest BCUT2D eigenvalue weighted by Gasteiger charge is -2.35. The first-order chi connectivity index (χ1) is 10.7. The lowest BCUT2D eigenvalue weighted by atomic mass is 9.90. The molecule has 2 nitrogen and oxygen atoms in total. The second kappa shape index (κ2) is 8.49. The van der Waals surface area contributed by atoms with E-state index in [2.05, 4.69) is 32.9 Å². The molecule has 128 valence electrons. The van der Waals surface area contributed by atoms with Crippen molar-refractivity contribution in [3.63, 3.8) is 0 Å². The lowest BCUT2D eigenvalue weighted by Crippen LogP contribution is -2.38. The predicted molar refractivity (Wildman–Crippen MR) is 92.9 cm³/mol. The van der Waals surface area contributed by atoms with Gasteiger partial charge in [0, 0.05) is 12.8 Å². The topological polar surface area (TPSA) is 18.5 Å². The molecule has 0 N–H and O–H groups in total. The molecule has 0 aromatic rings. The zero-order chi connectivity index (χ0) is 15.9. The molecule has 0 aromatic carbocycles. The summed E-state index contributed by atoms with van der Waals surface area (Å²) in [6, 6.07) is 0. The van der Waals surface area contributed by atoms with Gasteiger partial charge >= 0.3 is 0 Å². The molecule has 0 bridgehead atoms. The van der Waals surface area contributed by atoms with E-state index in [9.17, 15) is 0 Å². The van der Waals surface area contributed by atoms with E-state index < -0.39 is 0 Å². The Balaban J connectivity index is 1.83. The minimum Gasteiger partial charge on any atom is -0.347 e. The number of ether oxygens (including phenoxy) is 2. The second-order valence-electron chi connectivity index (χ2n) is 7.30. The first kappa shape index (κ1) is 18.0. The Labute approximate surface area is 137 Å². The summed E-state index contributed by atoms with van der Waals surface area (Å²) in [4.78, 5) is 0. The molecule has 1 saturated heterocycles. The van der Waals surface area contributed by atoms with Gasteiger partial charge in [-0.1, -0.05) is 39.3 Å². The zero-order valence-electron chi connectivity index (χ0n) is 15.0. The van der Waals surface area contributed by atoms with Crippen LogP contribution in [0.25, 0.3) is 0 Å². The third kappa shape index (κ3) is 4.58. The number of allylic oxidation sites excluding steroid dienone is 2. The third-order valence-corrected chi connectivity index (χ3v) is 5.64. The predicted octanol–water partition coefficient (Wildman–Crippen LogP) is 6.01. The summed E-state index contributed by atoms with van der Waals surface area (Å²) < 4.78 is 12.8. The van der Waals surface area contributed by atoms with Crippen molar-refractivity contribution in [2.45, 2.75) is 103 Å². The van der Waals surface area contributed by atoms with Crippen LogP contribution in [-0.4, -0.2) is 18.0 Å². The van der Waals surface area contributed by atoms with E-state index in [4.69, 9.17) is 9.47 Å². The summed E-state index contributed by atoms with van der Waals surface area (Å²) in [6.07, 6.45) is 18.0. The van der Waals surface area contributed by atoms with Crippen LogP contribution in [0.4, 0.5) is 0 Å². The van der Waals surface area contributed by atoms with Gasteiger partial charge in [-0.15, -0.1) is 0 Å². The minimum absolute atomic E-state index is 0.00982. The molecular formula is C20H36O2. The number of hydrogen-bond donors (Lipinski definition) is 0. The molecule has 2 aliphatic rings. The molecule has 0 amide bonds. The SMILES string of the molecule is CC/C=C/[C@H](CC)CCC[C@@]1(CC)COC2(CCCCC2)O1. The van der Waals surface area contributed by atoms with Crippen LogP contribution in [0.3, 0.4) is 0 Å². The van der Waals surface area contributed by atoms with Crippen LogP contribution >= 0.6 is 0 Å². The van der Waals surface area contributed by atoms with E-state index in [1.54, 1.807) is 0 Å². The smallest absolute Gasteiger partial charge is 0.169 e. The van der Waals surface area contributed by atoms with Gasteiger partial charge in [-0.2, -0.15) is 0 Å². The van der Waals surface area contributed by atoms with Crippen LogP contribution in [0.15, 0.2) is 12.2 Å². The summed E-state index contributed by atoms with van der Waals surface area (Å²) in [6.45, 7) is 7.58.